The maximum Gasteiger partial charge on any atom is 0.231 e. The van der Waals surface area contributed by atoms with E-state index in [0.29, 0.717) is 19.0 Å². The van der Waals surface area contributed by atoms with Crippen LogP contribution in [0, 0.1) is 5.92 Å². The Morgan fingerprint density at radius 1 is 1.40 bits per heavy atom. The molecule has 2 aliphatic rings. The Balaban J connectivity index is 1.59. The van der Waals surface area contributed by atoms with Crippen LogP contribution >= 0.6 is 0 Å². The third-order valence-electron chi connectivity index (χ3n) is 3.78. The lowest BCUT2D eigenvalue weighted by Crippen LogP contribution is -2.43. The van der Waals surface area contributed by atoms with Gasteiger partial charge in [-0.3, -0.25) is 4.79 Å². The lowest BCUT2D eigenvalue weighted by Gasteiger charge is -2.29. The van der Waals surface area contributed by atoms with Crippen molar-refractivity contribution in [2.24, 2.45) is 5.92 Å². The zero-order chi connectivity index (χ0) is 13.8. The molecule has 3 heterocycles. The van der Waals surface area contributed by atoms with Crippen molar-refractivity contribution in [2.75, 3.05) is 49.6 Å². The van der Waals surface area contributed by atoms with Crippen LogP contribution in [0.2, 0.25) is 0 Å². The largest absolute Gasteiger partial charge is 0.381 e. The summed E-state index contributed by atoms with van der Waals surface area (Å²) in [6.07, 6.45) is 2.62. The zero-order valence-electron chi connectivity index (χ0n) is 11.5. The predicted molar refractivity (Wildman–Crippen MR) is 76.9 cm³/mol. The van der Waals surface area contributed by atoms with Gasteiger partial charge in [-0.1, -0.05) is 0 Å². The summed E-state index contributed by atoms with van der Waals surface area (Å²) in [5.74, 6) is 0.579. The van der Waals surface area contributed by atoms with Crippen LogP contribution in [0.4, 0.5) is 11.5 Å². The number of amides is 1. The summed E-state index contributed by atoms with van der Waals surface area (Å²) in [5, 5.41) is 6.18. The molecule has 6 heteroatoms. The first-order chi connectivity index (χ1) is 9.83. The second-order valence-corrected chi connectivity index (χ2v) is 5.19. The number of rotatable bonds is 3. The predicted octanol–water partition coefficient (Wildman–Crippen LogP) is 0.466. The van der Waals surface area contributed by atoms with Gasteiger partial charge < -0.3 is 20.3 Å². The number of pyridine rings is 1. The number of nitrogens with one attached hydrogen (secondary N) is 2. The summed E-state index contributed by atoms with van der Waals surface area (Å²) in [5.41, 5.74) is 1.11. The van der Waals surface area contributed by atoms with Gasteiger partial charge in [0.15, 0.2) is 0 Å². The monoisotopic (exact) mass is 276 g/mol. The van der Waals surface area contributed by atoms with Crippen LogP contribution in [0.25, 0.3) is 0 Å². The maximum absolute atomic E-state index is 12.0. The Bertz CT molecular complexity index is 451. The van der Waals surface area contributed by atoms with Gasteiger partial charge in [0.05, 0.1) is 24.4 Å². The van der Waals surface area contributed by atoms with Crippen LogP contribution < -0.4 is 15.5 Å². The molecule has 108 valence electrons. The van der Waals surface area contributed by atoms with Gasteiger partial charge in [0, 0.05) is 32.8 Å². The van der Waals surface area contributed by atoms with Crippen molar-refractivity contribution in [3.8, 4) is 0 Å². The minimum absolute atomic E-state index is 0.00456. The van der Waals surface area contributed by atoms with Crippen molar-refractivity contribution >= 4 is 17.4 Å². The highest BCUT2D eigenvalue weighted by Gasteiger charge is 2.23. The number of carbonyl (C=O) groups excluding carboxylic acids is 1. The van der Waals surface area contributed by atoms with E-state index in [4.69, 9.17) is 4.74 Å². The highest BCUT2D eigenvalue weighted by molar-refractivity contribution is 5.92. The van der Waals surface area contributed by atoms with E-state index in [1.165, 1.54) is 0 Å². The number of nitrogens with zero attached hydrogens (tertiary/aromatic N) is 2. The summed E-state index contributed by atoms with van der Waals surface area (Å²) < 4.78 is 5.22. The van der Waals surface area contributed by atoms with Crippen molar-refractivity contribution in [3.05, 3.63) is 18.3 Å². The van der Waals surface area contributed by atoms with Crippen molar-refractivity contribution in [3.63, 3.8) is 0 Å². The molecule has 0 spiro atoms. The average Bonchev–Trinajstić information content (AvgIpc) is 3.03. The summed E-state index contributed by atoms with van der Waals surface area (Å²) in [6, 6.07) is 3.88. The van der Waals surface area contributed by atoms with Crippen LogP contribution in [-0.2, 0) is 9.53 Å². The number of anilines is 2. The van der Waals surface area contributed by atoms with E-state index in [-0.39, 0.29) is 11.8 Å². The molecule has 0 aromatic carbocycles. The third-order valence-corrected chi connectivity index (χ3v) is 3.78. The van der Waals surface area contributed by atoms with Gasteiger partial charge in [-0.2, -0.15) is 0 Å². The van der Waals surface area contributed by atoms with E-state index < -0.39 is 0 Å². The fourth-order valence-electron chi connectivity index (χ4n) is 2.54. The average molecular weight is 276 g/mol. The zero-order valence-corrected chi connectivity index (χ0v) is 11.5. The van der Waals surface area contributed by atoms with Gasteiger partial charge in [0.1, 0.15) is 5.82 Å². The molecule has 3 rings (SSSR count). The van der Waals surface area contributed by atoms with Gasteiger partial charge in [-0.05, 0) is 18.6 Å². The molecule has 1 aromatic rings. The number of piperazine rings is 1. The van der Waals surface area contributed by atoms with E-state index in [1.54, 1.807) is 0 Å². The molecule has 2 N–H and O–H groups in total. The van der Waals surface area contributed by atoms with Crippen molar-refractivity contribution < 1.29 is 9.53 Å². The summed E-state index contributed by atoms with van der Waals surface area (Å²) in [7, 11) is 0. The first-order valence-corrected chi connectivity index (χ1v) is 7.13. The van der Waals surface area contributed by atoms with E-state index in [0.717, 1.165) is 38.3 Å². The lowest BCUT2D eigenvalue weighted by molar-refractivity contribution is -0.119. The molecule has 0 saturated carbocycles. The number of carbonyl (C=O) groups is 1. The number of aromatic nitrogens is 1. The number of hydrogen-bond donors (Lipinski definition) is 2. The van der Waals surface area contributed by atoms with E-state index in [2.05, 4.69) is 20.5 Å². The molecular weight excluding hydrogens is 256 g/mol. The van der Waals surface area contributed by atoms with Crippen LogP contribution in [0.1, 0.15) is 6.42 Å². The Morgan fingerprint density at radius 3 is 2.90 bits per heavy atom. The molecule has 2 aliphatic heterocycles. The molecule has 6 nitrogen and oxygen atoms in total. The molecule has 1 atom stereocenters. The molecular formula is C14H20N4O2. The van der Waals surface area contributed by atoms with E-state index in [9.17, 15) is 4.79 Å². The van der Waals surface area contributed by atoms with Crippen LogP contribution in [-0.4, -0.2) is 50.3 Å². The van der Waals surface area contributed by atoms with E-state index in [1.807, 2.05) is 18.3 Å². The molecule has 0 bridgehead atoms. The normalized spacial score (nSPS) is 22.8. The number of ether oxygens (including phenoxy) is 1. The highest BCUT2D eigenvalue weighted by atomic mass is 16.5. The second kappa shape index (κ2) is 6.19. The topological polar surface area (TPSA) is 66.5 Å². The molecule has 1 amide bonds. The Kier molecular flexibility index (Phi) is 4.13. The van der Waals surface area contributed by atoms with Gasteiger partial charge in [-0.25, -0.2) is 4.98 Å². The minimum Gasteiger partial charge on any atom is -0.381 e. The molecule has 0 aliphatic carbocycles. The summed E-state index contributed by atoms with van der Waals surface area (Å²) in [4.78, 5) is 18.6. The Labute approximate surface area is 118 Å². The molecule has 1 aromatic heterocycles. The van der Waals surface area contributed by atoms with Crippen molar-refractivity contribution in [1.29, 1.82) is 0 Å². The lowest BCUT2D eigenvalue weighted by atomic mass is 10.1. The van der Waals surface area contributed by atoms with Gasteiger partial charge in [0.2, 0.25) is 5.91 Å². The first kappa shape index (κ1) is 13.3. The fourth-order valence-corrected chi connectivity index (χ4v) is 2.54. The smallest absolute Gasteiger partial charge is 0.231 e. The van der Waals surface area contributed by atoms with Gasteiger partial charge in [-0.15, -0.1) is 0 Å². The van der Waals surface area contributed by atoms with Gasteiger partial charge >= 0.3 is 0 Å². The van der Waals surface area contributed by atoms with Crippen LogP contribution in [0.3, 0.4) is 0 Å². The summed E-state index contributed by atoms with van der Waals surface area (Å²) >= 11 is 0. The molecule has 2 saturated heterocycles. The molecule has 1 unspecified atom stereocenters. The Hall–Kier alpha value is -1.66. The molecule has 2 fully saturated rings. The van der Waals surface area contributed by atoms with Crippen molar-refractivity contribution in [1.82, 2.24) is 10.3 Å². The SMILES string of the molecule is O=C(Nc1ccc(N2CCNCC2)cn1)C1CCOC1. The Morgan fingerprint density at radius 2 is 2.25 bits per heavy atom. The maximum atomic E-state index is 12.0. The molecule has 20 heavy (non-hydrogen) atoms. The minimum atomic E-state index is -0.0374. The molecule has 0 radical (unpaired) electrons. The third kappa shape index (κ3) is 3.08. The first-order valence-electron chi connectivity index (χ1n) is 7.13. The van der Waals surface area contributed by atoms with Gasteiger partial charge in [0.25, 0.3) is 0 Å². The second-order valence-electron chi connectivity index (χ2n) is 5.19. The highest BCUT2D eigenvalue weighted by Crippen LogP contribution is 2.18. The standard InChI is InChI=1S/C14H20N4O2/c19-14(11-3-8-20-10-11)17-13-2-1-12(9-16-13)18-6-4-15-5-7-18/h1-2,9,11,15H,3-8,10H2,(H,16,17,19). The fraction of sp³-hybridized carbons (Fsp3) is 0.571. The van der Waals surface area contributed by atoms with Crippen LogP contribution in [0.5, 0.6) is 0 Å². The quantitative estimate of drug-likeness (QED) is 0.840. The number of hydrogen-bond acceptors (Lipinski definition) is 5. The summed E-state index contributed by atoms with van der Waals surface area (Å²) in [6.45, 7) is 5.18. The van der Waals surface area contributed by atoms with Crippen LogP contribution in [0.15, 0.2) is 18.3 Å². The van der Waals surface area contributed by atoms with Crippen molar-refractivity contribution in [2.45, 2.75) is 6.42 Å². The van der Waals surface area contributed by atoms with E-state index >= 15 is 0 Å².